The molecule has 0 aromatic heterocycles. The number of hydrogen-bond donors (Lipinski definition) is 4. The van der Waals surface area contributed by atoms with Crippen LogP contribution in [0.15, 0.2) is 140 Å². The van der Waals surface area contributed by atoms with E-state index in [-0.39, 0.29) is 49.5 Å². The van der Waals surface area contributed by atoms with Crippen molar-refractivity contribution in [2.45, 2.75) is 70.3 Å². The van der Waals surface area contributed by atoms with Crippen molar-refractivity contribution in [1.82, 2.24) is 10.2 Å². The first kappa shape index (κ1) is 40.4. The Hall–Kier alpha value is -5.84. The molecule has 1 fully saturated rings. The summed E-state index contributed by atoms with van der Waals surface area (Å²) in [6, 6.07) is 46.7. The number of nitrogens with one attached hydrogen (secondary N) is 2. The lowest BCUT2D eigenvalue weighted by Gasteiger charge is -2.39. The van der Waals surface area contributed by atoms with Gasteiger partial charge in [0, 0.05) is 44.0 Å². The molecule has 58 heavy (non-hydrogen) atoms. The fourth-order valence-electron chi connectivity index (χ4n) is 7.53. The minimum atomic E-state index is -0.582. The van der Waals surface area contributed by atoms with E-state index >= 15 is 0 Å². The van der Waals surface area contributed by atoms with Gasteiger partial charge in [-0.05, 0) is 82.7 Å². The second-order valence-electron chi connectivity index (χ2n) is 15.1. The van der Waals surface area contributed by atoms with Crippen LogP contribution in [0.3, 0.4) is 0 Å². The van der Waals surface area contributed by atoms with Crippen molar-refractivity contribution in [3.05, 3.63) is 167 Å². The van der Waals surface area contributed by atoms with Crippen molar-refractivity contribution in [1.29, 1.82) is 0 Å². The molecule has 6 aromatic rings. The third-order valence-corrected chi connectivity index (χ3v) is 11.1. The van der Waals surface area contributed by atoms with Gasteiger partial charge in [0.1, 0.15) is 0 Å². The monoisotopic (exact) mass is 776 g/mol. The third kappa shape index (κ3) is 10.2. The number of anilines is 2. The lowest BCUT2D eigenvalue weighted by Crippen LogP contribution is -2.38. The number of aliphatic hydroxyl groups is 1. The molecule has 0 spiro atoms. The lowest BCUT2D eigenvalue weighted by atomic mass is 9.97. The Morgan fingerprint density at radius 2 is 1.48 bits per heavy atom. The molecule has 0 radical (unpaired) electrons. The van der Waals surface area contributed by atoms with Crippen molar-refractivity contribution >= 4 is 34.0 Å². The second-order valence-corrected chi connectivity index (χ2v) is 15.1. The van der Waals surface area contributed by atoms with Gasteiger partial charge >= 0.3 is 0 Å². The topological polar surface area (TPSA) is 126 Å². The summed E-state index contributed by atoms with van der Waals surface area (Å²) >= 11 is 0. The number of fused-ring (bicyclic) bond motifs is 1. The molecule has 9 nitrogen and oxygen atoms in total. The average Bonchev–Trinajstić information content (AvgIpc) is 3.26. The highest BCUT2D eigenvalue weighted by molar-refractivity contribution is 5.94. The van der Waals surface area contributed by atoms with E-state index in [1.165, 1.54) is 16.3 Å². The highest BCUT2D eigenvalue weighted by atomic mass is 16.7. The Bertz CT molecular complexity index is 2310. The van der Waals surface area contributed by atoms with Crippen LogP contribution in [-0.2, 0) is 32.2 Å². The van der Waals surface area contributed by atoms with Crippen LogP contribution >= 0.6 is 0 Å². The molecule has 1 aliphatic heterocycles. The minimum absolute atomic E-state index is 0.00826. The average molecular weight is 777 g/mol. The number of likely N-dealkylation sites (N-methyl/N-ethyl adjacent to an activating group) is 1. The largest absolute Gasteiger partial charge is 0.397 e. The summed E-state index contributed by atoms with van der Waals surface area (Å²) in [5.41, 5.74) is 14.1. The summed E-state index contributed by atoms with van der Waals surface area (Å²) < 4.78 is 13.4. The third-order valence-electron chi connectivity index (χ3n) is 11.1. The fourth-order valence-corrected chi connectivity index (χ4v) is 7.53. The van der Waals surface area contributed by atoms with Gasteiger partial charge in [0.15, 0.2) is 6.29 Å². The second kappa shape index (κ2) is 19.1. The molecular weight excluding hydrogens is 725 g/mol. The van der Waals surface area contributed by atoms with Gasteiger partial charge in [-0.1, -0.05) is 121 Å². The highest BCUT2D eigenvalue weighted by Gasteiger charge is 2.33. The van der Waals surface area contributed by atoms with Crippen molar-refractivity contribution in [2.24, 2.45) is 0 Å². The summed E-state index contributed by atoms with van der Waals surface area (Å²) in [6.07, 6.45) is 0.698. The summed E-state index contributed by atoms with van der Waals surface area (Å²) in [7, 11) is 2.15. The van der Waals surface area contributed by atoms with E-state index in [1.54, 1.807) is 12.1 Å². The van der Waals surface area contributed by atoms with E-state index in [1.807, 2.05) is 54.6 Å². The van der Waals surface area contributed by atoms with Crippen molar-refractivity contribution < 1.29 is 24.2 Å². The molecule has 1 heterocycles. The summed E-state index contributed by atoms with van der Waals surface area (Å²) in [4.78, 5) is 27.5. The van der Waals surface area contributed by atoms with Crippen molar-refractivity contribution in [3.63, 3.8) is 0 Å². The molecule has 0 aliphatic carbocycles. The normalized spacial score (nSPS) is 17.2. The maximum absolute atomic E-state index is 12.8. The number of nitrogens with zero attached hydrogens (tertiary/aromatic N) is 1. The molecule has 7 rings (SSSR count). The van der Waals surface area contributed by atoms with Gasteiger partial charge in [-0.15, -0.1) is 0 Å². The summed E-state index contributed by atoms with van der Waals surface area (Å²) in [5, 5.41) is 18.0. The van der Waals surface area contributed by atoms with Crippen LogP contribution in [0.25, 0.3) is 21.9 Å². The molecule has 0 unspecified atom stereocenters. The molecule has 0 saturated carbocycles. The van der Waals surface area contributed by atoms with Gasteiger partial charge in [-0.2, -0.15) is 0 Å². The Kier molecular flexibility index (Phi) is 13.3. The molecule has 9 heteroatoms. The molecule has 1 saturated heterocycles. The van der Waals surface area contributed by atoms with Gasteiger partial charge in [0.2, 0.25) is 11.8 Å². The Balaban J connectivity index is 0.998. The van der Waals surface area contributed by atoms with E-state index in [9.17, 15) is 14.7 Å². The molecule has 4 atom stereocenters. The Morgan fingerprint density at radius 1 is 0.793 bits per heavy atom. The maximum Gasteiger partial charge on any atom is 0.224 e. The molecule has 5 N–H and O–H groups in total. The van der Waals surface area contributed by atoms with Crippen molar-refractivity contribution in [2.75, 3.05) is 24.6 Å². The van der Waals surface area contributed by atoms with E-state index < -0.39 is 6.29 Å². The van der Waals surface area contributed by atoms with Crippen LogP contribution in [0.4, 0.5) is 11.4 Å². The number of amides is 2. The predicted molar refractivity (Wildman–Crippen MR) is 230 cm³/mol. The zero-order valence-corrected chi connectivity index (χ0v) is 33.1. The van der Waals surface area contributed by atoms with Gasteiger partial charge < -0.3 is 30.9 Å². The van der Waals surface area contributed by atoms with Crippen LogP contribution in [0.2, 0.25) is 0 Å². The molecule has 298 valence electrons. The van der Waals surface area contributed by atoms with E-state index in [0.29, 0.717) is 37.3 Å². The standard InChI is InChI=1S/C49H52N4O5/c1-33(39-27-22-35-10-3-4-11-40(35)28-39)53(2)31-42-29-46(37-20-18-34(32-54)19-21-37)58-49(57-42)38-25-23-36(24-26-38)43-13-6-5-12-41(43)30-51-47(55)16-9-17-48(56)52-45-15-8-7-14-44(45)50/h3-8,10-15,18-28,33,42,46,49,54H,9,16-17,29-32,50H2,1-2H3,(H,51,55)(H,52,56)/t33-,42+,46-,49-/m1/s1. The van der Waals surface area contributed by atoms with E-state index in [4.69, 9.17) is 15.2 Å². The van der Waals surface area contributed by atoms with Crippen LogP contribution in [0.5, 0.6) is 0 Å². The molecule has 2 amide bonds. The number of aliphatic hydroxyl groups excluding tert-OH is 1. The number of carbonyl (C=O) groups is 2. The summed E-state index contributed by atoms with van der Waals surface area (Å²) in [5.74, 6) is -0.290. The number of rotatable bonds is 15. The van der Waals surface area contributed by atoms with Crippen molar-refractivity contribution in [3.8, 4) is 11.1 Å². The fraction of sp³-hybridized carbons (Fsp3) is 0.265. The smallest absolute Gasteiger partial charge is 0.224 e. The number of nitrogen functional groups attached to an aromatic ring is 1. The minimum Gasteiger partial charge on any atom is -0.397 e. The van der Waals surface area contributed by atoms with Crippen LogP contribution in [0.1, 0.15) is 78.9 Å². The van der Waals surface area contributed by atoms with Gasteiger partial charge in [0.05, 0.1) is 30.2 Å². The molecule has 0 bridgehead atoms. The molecule has 1 aliphatic rings. The molecule has 6 aromatic carbocycles. The maximum atomic E-state index is 12.8. The number of carbonyl (C=O) groups excluding carboxylic acids is 2. The van der Waals surface area contributed by atoms with Crippen LogP contribution < -0.4 is 16.4 Å². The zero-order valence-electron chi connectivity index (χ0n) is 33.1. The van der Waals surface area contributed by atoms with Gasteiger partial charge in [-0.25, -0.2) is 0 Å². The number of para-hydroxylation sites is 2. The number of benzene rings is 6. The van der Waals surface area contributed by atoms with Gasteiger partial charge in [-0.3, -0.25) is 14.5 Å². The summed E-state index contributed by atoms with van der Waals surface area (Å²) in [6.45, 7) is 3.30. The number of hydrogen-bond acceptors (Lipinski definition) is 7. The number of ether oxygens (including phenoxy) is 2. The Labute approximate surface area is 340 Å². The van der Waals surface area contributed by atoms with Crippen LogP contribution in [-0.4, -0.2) is 41.5 Å². The zero-order chi connectivity index (χ0) is 40.4. The first-order chi connectivity index (χ1) is 28.2. The number of nitrogens with two attached hydrogens (primary N) is 1. The van der Waals surface area contributed by atoms with E-state index in [0.717, 1.165) is 33.4 Å². The van der Waals surface area contributed by atoms with E-state index in [2.05, 4.69) is 102 Å². The quantitative estimate of drug-likeness (QED) is 0.0767. The van der Waals surface area contributed by atoms with Crippen LogP contribution in [0, 0.1) is 0 Å². The van der Waals surface area contributed by atoms with Gasteiger partial charge in [0.25, 0.3) is 0 Å². The first-order valence-corrected chi connectivity index (χ1v) is 20.0. The SMILES string of the molecule is C[C@H](c1ccc2ccccc2c1)N(C)C[C@@H]1C[C@H](c2ccc(CO)cc2)O[C@H](c2ccc(-c3ccccc3CNC(=O)CCCC(=O)Nc3ccccc3N)cc2)O1. The molecular formula is C49H52N4O5. The first-order valence-electron chi connectivity index (χ1n) is 20.0. The lowest BCUT2D eigenvalue weighted by molar-refractivity contribution is -0.253. The highest BCUT2D eigenvalue weighted by Crippen LogP contribution is 2.39. The Morgan fingerprint density at radius 3 is 2.26 bits per heavy atom. The predicted octanol–water partition coefficient (Wildman–Crippen LogP) is 9.24.